The van der Waals surface area contributed by atoms with E-state index < -0.39 is 0 Å². The van der Waals surface area contributed by atoms with E-state index in [0.717, 1.165) is 28.6 Å². The van der Waals surface area contributed by atoms with Crippen LogP contribution in [-0.4, -0.2) is 17.5 Å². The molecule has 1 amide bonds. The highest BCUT2D eigenvalue weighted by molar-refractivity contribution is 5.92. The van der Waals surface area contributed by atoms with Crippen LogP contribution in [0.1, 0.15) is 23.6 Å². The molecule has 0 bridgehead atoms. The number of hydrogen-bond acceptors (Lipinski definition) is 4. The van der Waals surface area contributed by atoms with Crippen molar-refractivity contribution < 1.29 is 13.9 Å². The molecule has 0 aliphatic carbocycles. The number of amides is 1. The van der Waals surface area contributed by atoms with Crippen molar-refractivity contribution in [1.82, 2.24) is 4.98 Å². The average molecular weight is 400 g/mol. The third-order valence-electron chi connectivity index (χ3n) is 5.10. The fraction of sp³-hybridized carbons (Fsp3) is 0.200. The fourth-order valence-corrected chi connectivity index (χ4v) is 3.20. The predicted molar refractivity (Wildman–Crippen MR) is 119 cm³/mol. The van der Waals surface area contributed by atoms with Gasteiger partial charge in [-0.05, 0) is 79.4 Å². The molecule has 0 radical (unpaired) electrons. The molecule has 152 valence electrons. The van der Waals surface area contributed by atoms with Crippen molar-refractivity contribution in [3.8, 4) is 17.2 Å². The van der Waals surface area contributed by atoms with E-state index in [-0.39, 0.29) is 12.5 Å². The standard InChI is InChI=1S/C25H24N2O3/c1-4-18-9-11-23-22(13-18)27-25(30-23)19-6-5-7-20(14-19)26-24(28)15-29-21-10-8-16(2)17(3)12-21/h5-14H,4,15H2,1-3H3,(H,26,28). The number of carbonyl (C=O) groups is 1. The molecule has 30 heavy (non-hydrogen) atoms. The summed E-state index contributed by atoms with van der Waals surface area (Å²) in [5.41, 5.74) is 6.58. The zero-order valence-corrected chi connectivity index (χ0v) is 17.4. The molecule has 4 aromatic rings. The quantitative estimate of drug-likeness (QED) is 0.451. The number of aryl methyl sites for hydroxylation is 3. The van der Waals surface area contributed by atoms with Gasteiger partial charge in [-0.2, -0.15) is 0 Å². The first-order valence-corrected chi connectivity index (χ1v) is 10.0. The number of anilines is 1. The van der Waals surface area contributed by atoms with E-state index in [1.165, 1.54) is 11.1 Å². The molecular formula is C25H24N2O3. The van der Waals surface area contributed by atoms with E-state index in [9.17, 15) is 4.79 Å². The maximum absolute atomic E-state index is 12.3. The first-order valence-electron chi connectivity index (χ1n) is 10.0. The van der Waals surface area contributed by atoms with Crippen molar-refractivity contribution in [2.75, 3.05) is 11.9 Å². The number of rotatable bonds is 6. The van der Waals surface area contributed by atoms with E-state index in [2.05, 4.69) is 17.2 Å². The van der Waals surface area contributed by atoms with E-state index in [0.29, 0.717) is 17.3 Å². The minimum absolute atomic E-state index is 0.0601. The number of hydrogen-bond donors (Lipinski definition) is 1. The smallest absolute Gasteiger partial charge is 0.262 e. The molecule has 5 heteroatoms. The maximum Gasteiger partial charge on any atom is 0.262 e. The molecule has 0 aliphatic rings. The number of benzene rings is 3. The first kappa shape index (κ1) is 19.7. The summed E-state index contributed by atoms with van der Waals surface area (Å²) >= 11 is 0. The Hall–Kier alpha value is -3.60. The number of fused-ring (bicyclic) bond motifs is 1. The Labute approximate surface area is 175 Å². The van der Waals surface area contributed by atoms with Gasteiger partial charge in [0.05, 0.1) is 0 Å². The third kappa shape index (κ3) is 4.35. The lowest BCUT2D eigenvalue weighted by atomic mass is 10.1. The van der Waals surface area contributed by atoms with Crippen LogP contribution < -0.4 is 10.1 Å². The molecule has 0 unspecified atom stereocenters. The lowest BCUT2D eigenvalue weighted by molar-refractivity contribution is -0.118. The largest absolute Gasteiger partial charge is 0.484 e. The Balaban J connectivity index is 1.45. The molecule has 3 aromatic carbocycles. The normalized spacial score (nSPS) is 10.9. The second-order valence-corrected chi connectivity index (χ2v) is 7.34. The second kappa shape index (κ2) is 8.41. The molecule has 1 aromatic heterocycles. The summed E-state index contributed by atoms with van der Waals surface area (Å²) < 4.78 is 11.5. The van der Waals surface area contributed by atoms with Crippen LogP contribution in [0, 0.1) is 13.8 Å². The number of ether oxygens (including phenoxy) is 1. The van der Waals surface area contributed by atoms with E-state index in [1.54, 1.807) is 0 Å². The average Bonchev–Trinajstić information content (AvgIpc) is 3.18. The van der Waals surface area contributed by atoms with Gasteiger partial charge in [0.2, 0.25) is 5.89 Å². The van der Waals surface area contributed by atoms with Crippen molar-refractivity contribution >= 4 is 22.7 Å². The monoisotopic (exact) mass is 400 g/mol. The molecule has 1 N–H and O–H groups in total. The summed E-state index contributed by atoms with van der Waals surface area (Å²) in [7, 11) is 0. The lowest BCUT2D eigenvalue weighted by Gasteiger charge is -2.09. The number of nitrogens with one attached hydrogen (secondary N) is 1. The maximum atomic E-state index is 12.3. The number of nitrogens with zero attached hydrogens (tertiary/aromatic N) is 1. The van der Waals surface area contributed by atoms with Gasteiger partial charge in [0.15, 0.2) is 12.2 Å². The molecule has 1 heterocycles. The summed E-state index contributed by atoms with van der Waals surface area (Å²) in [5, 5.41) is 2.87. The summed E-state index contributed by atoms with van der Waals surface area (Å²) in [4.78, 5) is 16.9. The number of aromatic nitrogens is 1. The molecule has 0 atom stereocenters. The van der Waals surface area contributed by atoms with Crippen molar-refractivity contribution in [3.63, 3.8) is 0 Å². The van der Waals surface area contributed by atoms with E-state index in [4.69, 9.17) is 9.15 Å². The van der Waals surface area contributed by atoms with Crippen molar-refractivity contribution in [1.29, 1.82) is 0 Å². The Morgan fingerprint density at radius 2 is 1.90 bits per heavy atom. The summed E-state index contributed by atoms with van der Waals surface area (Å²) in [5.74, 6) is 0.983. The van der Waals surface area contributed by atoms with Gasteiger partial charge in [0, 0.05) is 11.3 Å². The number of oxazole rings is 1. The molecule has 4 rings (SSSR count). The van der Waals surface area contributed by atoms with E-state index >= 15 is 0 Å². The zero-order valence-electron chi connectivity index (χ0n) is 17.4. The SMILES string of the molecule is CCc1ccc2oc(-c3cccc(NC(=O)COc4ccc(C)c(C)c4)c3)nc2c1. The van der Waals surface area contributed by atoms with Crippen LogP contribution in [0.5, 0.6) is 5.75 Å². The molecule has 0 fully saturated rings. The molecule has 0 saturated heterocycles. The Bertz CT molecular complexity index is 1210. The van der Waals surface area contributed by atoms with Gasteiger partial charge >= 0.3 is 0 Å². The molecule has 0 spiro atoms. The fourth-order valence-electron chi connectivity index (χ4n) is 3.20. The van der Waals surface area contributed by atoms with Crippen LogP contribution in [0.2, 0.25) is 0 Å². The van der Waals surface area contributed by atoms with Gasteiger partial charge in [0.1, 0.15) is 11.3 Å². The van der Waals surface area contributed by atoms with Crippen LogP contribution in [0.15, 0.2) is 65.1 Å². The van der Waals surface area contributed by atoms with Crippen LogP contribution in [0.4, 0.5) is 5.69 Å². The summed E-state index contributed by atoms with van der Waals surface area (Å²) in [6.45, 7) is 6.11. The van der Waals surface area contributed by atoms with Gasteiger partial charge in [0.25, 0.3) is 5.91 Å². The molecule has 0 saturated carbocycles. The first-order chi connectivity index (χ1) is 14.5. The summed E-state index contributed by atoms with van der Waals surface area (Å²) in [6.07, 6.45) is 0.948. The van der Waals surface area contributed by atoms with Gasteiger partial charge < -0.3 is 14.5 Å². The molecule has 0 aliphatic heterocycles. The Kier molecular flexibility index (Phi) is 5.53. The van der Waals surface area contributed by atoms with Crippen molar-refractivity contribution in [2.24, 2.45) is 0 Å². The lowest BCUT2D eigenvalue weighted by Crippen LogP contribution is -2.20. The Morgan fingerprint density at radius 1 is 1.03 bits per heavy atom. The van der Waals surface area contributed by atoms with Crippen molar-refractivity contribution in [3.05, 3.63) is 77.4 Å². The molecular weight excluding hydrogens is 376 g/mol. The van der Waals surface area contributed by atoms with Crippen molar-refractivity contribution in [2.45, 2.75) is 27.2 Å². The minimum Gasteiger partial charge on any atom is -0.484 e. The predicted octanol–water partition coefficient (Wildman–Crippen LogP) is 5.69. The van der Waals surface area contributed by atoms with Gasteiger partial charge in [-0.15, -0.1) is 0 Å². The van der Waals surface area contributed by atoms with Crippen LogP contribution >= 0.6 is 0 Å². The zero-order chi connectivity index (χ0) is 21.1. The highest BCUT2D eigenvalue weighted by Gasteiger charge is 2.11. The van der Waals surface area contributed by atoms with Gasteiger partial charge in [-0.3, -0.25) is 4.79 Å². The Morgan fingerprint density at radius 3 is 2.70 bits per heavy atom. The van der Waals surface area contributed by atoms with Gasteiger partial charge in [-0.1, -0.05) is 25.1 Å². The number of carbonyl (C=O) groups excluding carboxylic acids is 1. The summed E-state index contributed by atoms with van der Waals surface area (Å²) in [6, 6.07) is 19.3. The van der Waals surface area contributed by atoms with Gasteiger partial charge in [-0.25, -0.2) is 4.98 Å². The second-order valence-electron chi connectivity index (χ2n) is 7.34. The third-order valence-corrected chi connectivity index (χ3v) is 5.10. The highest BCUT2D eigenvalue weighted by atomic mass is 16.5. The van der Waals surface area contributed by atoms with Crippen LogP contribution in [0.3, 0.4) is 0 Å². The highest BCUT2D eigenvalue weighted by Crippen LogP contribution is 2.27. The topological polar surface area (TPSA) is 64.4 Å². The van der Waals surface area contributed by atoms with Crippen LogP contribution in [0.25, 0.3) is 22.6 Å². The van der Waals surface area contributed by atoms with Crippen LogP contribution in [-0.2, 0) is 11.2 Å². The van der Waals surface area contributed by atoms with E-state index in [1.807, 2.05) is 74.5 Å². The molecule has 5 nitrogen and oxygen atoms in total. The minimum atomic E-state index is -0.226.